The first-order valence-electron chi connectivity index (χ1n) is 9.64. The summed E-state index contributed by atoms with van der Waals surface area (Å²) in [5.74, 6) is 0.486. The molecular weight excluding hydrogens is 392 g/mol. The molecule has 0 amide bonds. The van der Waals surface area contributed by atoms with Gasteiger partial charge in [-0.3, -0.25) is 0 Å². The number of ether oxygens (including phenoxy) is 1. The normalized spacial score (nSPS) is 10.6. The van der Waals surface area contributed by atoms with Crippen LogP contribution in [-0.2, 0) is 13.7 Å². The van der Waals surface area contributed by atoms with Gasteiger partial charge in [-0.05, 0) is 47.5 Å². The summed E-state index contributed by atoms with van der Waals surface area (Å²) in [5, 5.41) is 7.73. The van der Waals surface area contributed by atoms with Crippen molar-refractivity contribution >= 4 is 5.69 Å². The lowest BCUT2D eigenvalue weighted by molar-refractivity contribution is 0.292. The third-order valence-electron chi connectivity index (χ3n) is 5.07. The molecule has 8 heteroatoms. The Balaban J connectivity index is 1.59. The van der Waals surface area contributed by atoms with Crippen molar-refractivity contribution in [2.24, 2.45) is 7.05 Å². The van der Waals surface area contributed by atoms with E-state index in [0.29, 0.717) is 17.3 Å². The van der Waals surface area contributed by atoms with Gasteiger partial charge in [-0.1, -0.05) is 36.4 Å². The van der Waals surface area contributed by atoms with E-state index in [1.165, 1.54) is 9.36 Å². The molecule has 2 aromatic heterocycles. The molecule has 0 aliphatic heterocycles. The zero-order chi connectivity index (χ0) is 22.0. The Hall–Kier alpha value is -4.25. The number of nitrogens with zero attached hydrogens (tertiary/aromatic N) is 6. The highest BCUT2D eigenvalue weighted by atomic mass is 16.5. The highest BCUT2D eigenvalue weighted by Crippen LogP contribution is 2.27. The smallest absolute Gasteiger partial charge is 0.368 e. The molecule has 31 heavy (non-hydrogen) atoms. The number of aromatic nitrogens is 5. The first-order chi connectivity index (χ1) is 15.0. The van der Waals surface area contributed by atoms with E-state index >= 15 is 0 Å². The van der Waals surface area contributed by atoms with E-state index in [0.717, 1.165) is 27.9 Å². The van der Waals surface area contributed by atoms with E-state index in [9.17, 15) is 4.79 Å². The van der Waals surface area contributed by atoms with Crippen LogP contribution in [0.1, 0.15) is 16.8 Å². The van der Waals surface area contributed by atoms with Crippen molar-refractivity contribution in [1.82, 2.24) is 24.8 Å². The molecule has 0 saturated heterocycles. The van der Waals surface area contributed by atoms with E-state index < -0.39 is 0 Å². The second-order valence-corrected chi connectivity index (χ2v) is 7.10. The van der Waals surface area contributed by atoms with Gasteiger partial charge in [-0.25, -0.2) is 14.6 Å². The Bertz CT molecular complexity index is 1350. The summed E-state index contributed by atoms with van der Waals surface area (Å²) in [7, 11) is 1.56. The summed E-state index contributed by atoms with van der Waals surface area (Å²) in [6, 6.07) is 16.8. The van der Waals surface area contributed by atoms with Gasteiger partial charge in [0.05, 0.1) is 12.3 Å². The van der Waals surface area contributed by atoms with Crippen LogP contribution in [0.2, 0.25) is 0 Å². The molecular formula is C23H20N6O2. The third kappa shape index (κ3) is 3.94. The topological polar surface area (TPSA) is 79.2 Å². The van der Waals surface area contributed by atoms with Gasteiger partial charge in [0.25, 0.3) is 0 Å². The summed E-state index contributed by atoms with van der Waals surface area (Å²) >= 11 is 0. The predicted octanol–water partition coefficient (Wildman–Crippen LogP) is 3.77. The van der Waals surface area contributed by atoms with E-state index in [1.54, 1.807) is 19.2 Å². The molecule has 2 aromatic carbocycles. The Morgan fingerprint density at radius 1 is 1.03 bits per heavy atom. The van der Waals surface area contributed by atoms with Gasteiger partial charge >= 0.3 is 5.69 Å². The van der Waals surface area contributed by atoms with Crippen LogP contribution < -0.4 is 10.4 Å². The number of hydrogen-bond acceptors (Lipinski definition) is 5. The number of hydrogen-bond donors (Lipinski definition) is 0. The maximum atomic E-state index is 12.3. The fourth-order valence-corrected chi connectivity index (χ4v) is 3.32. The molecule has 0 N–H and O–H groups in total. The van der Waals surface area contributed by atoms with E-state index in [1.807, 2.05) is 56.3 Å². The van der Waals surface area contributed by atoms with Crippen LogP contribution in [0, 0.1) is 20.4 Å². The molecule has 4 aromatic rings. The third-order valence-corrected chi connectivity index (χ3v) is 5.07. The van der Waals surface area contributed by atoms with Crippen molar-refractivity contribution in [3.05, 3.63) is 93.3 Å². The highest BCUT2D eigenvalue weighted by Gasteiger charge is 2.14. The van der Waals surface area contributed by atoms with Crippen LogP contribution in [0.3, 0.4) is 0 Å². The quantitative estimate of drug-likeness (QED) is 0.466. The molecule has 154 valence electrons. The molecule has 0 aliphatic carbocycles. The van der Waals surface area contributed by atoms with Crippen LogP contribution in [-0.4, -0.2) is 24.8 Å². The van der Waals surface area contributed by atoms with E-state index in [2.05, 4.69) is 20.3 Å². The lowest BCUT2D eigenvalue weighted by Crippen LogP contribution is -2.23. The van der Waals surface area contributed by atoms with Crippen molar-refractivity contribution in [1.29, 1.82) is 0 Å². The van der Waals surface area contributed by atoms with Crippen molar-refractivity contribution in [3.8, 4) is 22.7 Å². The van der Waals surface area contributed by atoms with Gasteiger partial charge in [0.2, 0.25) is 5.88 Å². The molecule has 0 spiro atoms. The predicted molar refractivity (Wildman–Crippen MR) is 116 cm³/mol. The number of rotatable bonds is 5. The van der Waals surface area contributed by atoms with Crippen LogP contribution in [0.4, 0.5) is 5.69 Å². The summed E-state index contributed by atoms with van der Waals surface area (Å²) in [6.45, 7) is 11.2. The Morgan fingerprint density at radius 3 is 2.45 bits per heavy atom. The molecule has 0 saturated carbocycles. The number of benzene rings is 2. The number of pyridine rings is 1. The van der Waals surface area contributed by atoms with Gasteiger partial charge in [0.1, 0.15) is 6.61 Å². The van der Waals surface area contributed by atoms with Gasteiger partial charge in [0, 0.05) is 29.9 Å². The monoisotopic (exact) mass is 412 g/mol. The second-order valence-electron chi connectivity index (χ2n) is 7.10. The average Bonchev–Trinajstić information content (AvgIpc) is 3.11. The fraction of sp³-hybridized carbons (Fsp3) is 0.174. The summed E-state index contributed by atoms with van der Waals surface area (Å²) in [5.41, 5.74) is 5.51. The molecule has 0 bridgehead atoms. The molecule has 4 rings (SSSR count). The molecule has 2 heterocycles. The standard InChI is InChI=1S/C23H20N6O2/c1-15-6-5-7-21(29-23(30)28(4)26-27-29)20(15)14-31-22-13-12-19(16(2)25-22)17-8-10-18(24-3)11-9-17/h5-13H,14H2,1-2,4H3. The fourth-order valence-electron chi connectivity index (χ4n) is 3.32. The van der Waals surface area contributed by atoms with Gasteiger partial charge in [0.15, 0.2) is 5.69 Å². The molecule has 0 radical (unpaired) electrons. The van der Waals surface area contributed by atoms with Gasteiger partial charge in [-0.15, -0.1) is 0 Å². The van der Waals surface area contributed by atoms with Crippen molar-refractivity contribution < 1.29 is 4.74 Å². The minimum atomic E-state index is -0.325. The minimum Gasteiger partial charge on any atom is -0.473 e. The summed E-state index contributed by atoms with van der Waals surface area (Å²) in [4.78, 5) is 20.3. The molecule has 8 nitrogen and oxygen atoms in total. The Morgan fingerprint density at radius 2 is 1.81 bits per heavy atom. The largest absolute Gasteiger partial charge is 0.473 e. The van der Waals surface area contributed by atoms with Crippen LogP contribution in [0.15, 0.2) is 59.4 Å². The number of aryl methyl sites for hydroxylation is 3. The van der Waals surface area contributed by atoms with Crippen LogP contribution >= 0.6 is 0 Å². The van der Waals surface area contributed by atoms with Gasteiger partial charge < -0.3 is 4.74 Å². The van der Waals surface area contributed by atoms with Crippen LogP contribution in [0.5, 0.6) is 5.88 Å². The van der Waals surface area contributed by atoms with E-state index in [-0.39, 0.29) is 12.3 Å². The van der Waals surface area contributed by atoms with Gasteiger partial charge in [-0.2, -0.15) is 9.36 Å². The zero-order valence-corrected chi connectivity index (χ0v) is 17.4. The van der Waals surface area contributed by atoms with Crippen molar-refractivity contribution in [2.45, 2.75) is 20.5 Å². The lowest BCUT2D eigenvalue weighted by Gasteiger charge is -2.13. The SMILES string of the molecule is [C-]#[N+]c1ccc(-c2ccc(OCc3c(C)cccc3-n3nnn(C)c3=O)nc2C)cc1. The first-order valence-corrected chi connectivity index (χ1v) is 9.64. The van der Waals surface area contributed by atoms with Crippen molar-refractivity contribution in [2.75, 3.05) is 0 Å². The summed E-state index contributed by atoms with van der Waals surface area (Å²) < 4.78 is 8.41. The molecule has 0 atom stereocenters. The Kier molecular flexibility index (Phi) is 5.33. The summed E-state index contributed by atoms with van der Waals surface area (Å²) in [6.07, 6.45) is 0. The Labute approximate surface area is 179 Å². The average molecular weight is 412 g/mol. The maximum Gasteiger partial charge on any atom is 0.368 e. The highest BCUT2D eigenvalue weighted by molar-refractivity contribution is 5.68. The molecule has 0 fully saturated rings. The first kappa shape index (κ1) is 20.0. The lowest BCUT2D eigenvalue weighted by atomic mass is 10.0. The second kappa shape index (κ2) is 8.24. The minimum absolute atomic E-state index is 0.233. The van der Waals surface area contributed by atoms with Crippen molar-refractivity contribution in [3.63, 3.8) is 0 Å². The molecule has 0 aliphatic rings. The van der Waals surface area contributed by atoms with Crippen LogP contribution in [0.25, 0.3) is 21.7 Å². The maximum absolute atomic E-state index is 12.3. The number of tetrazole rings is 1. The van der Waals surface area contributed by atoms with E-state index in [4.69, 9.17) is 11.3 Å². The zero-order valence-electron chi connectivity index (χ0n) is 17.4. The molecule has 0 unspecified atom stereocenters.